The molecule has 2 aromatic heterocycles. The Balaban J connectivity index is 2.50. The summed E-state index contributed by atoms with van der Waals surface area (Å²) in [6.07, 6.45) is 1.29. The number of pyridine rings is 1. The van der Waals surface area contributed by atoms with Crippen molar-refractivity contribution in [3.8, 4) is 11.8 Å². The van der Waals surface area contributed by atoms with Crippen LogP contribution in [0.1, 0.15) is 5.56 Å². The molecule has 0 aliphatic rings. The molecule has 108 valence electrons. The van der Waals surface area contributed by atoms with Crippen LogP contribution >= 0.6 is 0 Å². The molecule has 0 amide bonds. The van der Waals surface area contributed by atoms with E-state index in [0.29, 0.717) is 4.57 Å². The number of nitrogens with zero attached hydrogens (tertiary/aromatic N) is 3. The number of rotatable bonds is 1. The highest BCUT2D eigenvalue weighted by molar-refractivity contribution is 5.75. The van der Waals surface area contributed by atoms with Crippen molar-refractivity contribution in [2.75, 3.05) is 0 Å². The average molecular weight is 300 g/mol. The van der Waals surface area contributed by atoms with Crippen LogP contribution in [0.25, 0.3) is 16.7 Å². The molecule has 0 aliphatic carbocycles. The smallest absolute Gasteiger partial charge is 0.273 e. The Morgan fingerprint density at radius 1 is 1.23 bits per heavy atom. The zero-order valence-corrected chi connectivity index (χ0v) is 10.8. The molecule has 0 fully saturated rings. The number of hydrogen-bond donors (Lipinski definition) is 1. The van der Waals surface area contributed by atoms with Gasteiger partial charge in [0.1, 0.15) is 5.69 Å². The molecule has 0 aliphatic heterocycles. The lowest BCUT2D eigenvalue weighted by Gasteiger charge is -2.10. The Kier molecular flexibility index (Phi) is 3.03. The summed E-state index contributed by atoms with van der Waals surface area (Å²) in [5.41, 5.74) is -2.85. The minimum Gasteiger partial charge on any atom is -0.273 e. The molecular formula is C14H6F2N4O2. The number of nitrogens with one attached hydrogen (secondary N) is 1. The van der Waals surface area contributed by atoms with E-state index in [1.807, 2.05) is 4.98 Å². The maximum absolute atomic E-state index is 14.1. The fourth-order valence-corrected chi connectivity index (χ4v) is 2.12. The third-order valence-corrected chi connectivity index (χ3v) is 3.04. The molecule has 3 aromatic rings. The summed E-state index contributed by atoms with van der Waals surface area (Å²) >= 11 is 0. The molecule has 1 N–H and O–H groups in total. The molecule has 22 heavy (non-hydrogen) atoms. The summed E-state index contributed by atoms with van der Waals surface area (Å²) in [5, 5.41) is 8.70. The molecule has 6 nitrogen and oxygen atoms in total. The number of fused-ring (bicyclic) bond motifs is 1. The molecule has 1 aromatic carbocycles. The Bertz CT molecular complexity index is 1040. The Morgan fingerprint density at radius 3 is 2.55 bits per heavy atom. The summed E-state index contributed by atoms with van der Waals surface area (Å²) < 4.78 is 28.9. The molecule has 0 radical (unpaired) electrons. The first-order chi connectivity index (χ1) is 10.5. The van der Waals surface area contributed by atoms with Crippen molar-refractivity contribution in [1.29, 1.82) is 5.26 Å². The molecule has 8 heteroatoms. The number of aromatic amines is 1. The van der Waals surface area contributed by atoms with Crippen molar-refractivity contribution < 1.29 is 8.78 Å². The maximum Gasteiger partial charge on any atom is 0.334 e. The number of nitriles is 1. The van der Waals surface area contributed by atoms with Gasteiger partial charge in [-0.1, -0.05) is 0 Å². The molecule has 0 atom stereocenters. The summed E-state index contributed by atoms with van der Waals surface area (Å²) in [6.45, 7) is 0. The van der Waals surface area contributed by atoms with Gasteiger partial charge < -0.3 is 0 Å². The second kappa shape index (κ2) is 4.89. The normalized spacial score (nSPS) is 10.6. The van der Waals surface area contributed by atoms with Gasteiger partial charge in [-0.2, -0.15) is 5.26 Å². The molecule has 0 unspecified atom stereocenters. The number of H-pyrrole nitrogens is 1. The molecule has 0 saturated heterocycles. The fourth-order valence-electron chi connectivity index (χ4n) is 2.12. The number of benzene rings is 1. The fraction of sp³-hybridized carbons (Fsp3) is 0. The van der Waals surface area contributed by atoms with Crippen LogP contribution in [0.15, 0.2) is 40.1 Å². The number of aromatic nitrogens is 3. The zero-order chi connectivity index (χ0) is 15.9. The number of halogens is 2. The molecular weight excluding hydrogens is 294 g/mol. The van der Waals surface area contributed by atoms with E-state index in [1.165, 1.54) is 18.3 Å². The molecule has 2 heterocycles. The van der Waals surface area contributed by atoms with Crippen LogP contribution in [0.2, 0.25) is 0 Å². The van der Waals surface area contributed by atoms with E-state index >= 15 is 0 Å². The van der Waals surface area contributed by atoms with E-state index in [0.717, 1.165) is 12.1 Å². The van der Waals surface area contributed by atoms with E-state index < -0.39 is 28.6 Å². The summed E-state index contributed by atoms with van der Waals surface area (Å²) in [6, 6.07) is 6.03. The predicted octanol–water partition coefficient (Wildman–Crippen LogP) is 1.22. The minimum atomic E-state index is -1.11. The van der Waals surface area contributed by atoms with Crippen LogP contribution in [0, 0.1) is 23.0 Å². The first-order valence-corrected chi connectivity index (χ1v) is 6.02. The van der Waals surface area contributed by atoms with Crippen LogP contribution in [0.5, 0.6) is 0 Å². The van der Waals surface area contributed by atoms with Gasteiger partial charge in [0.2, 0.25) is 0 Å². The summed E-state index contributed by atoms with van der Waals surface area (Å²) in [7, 11) is 0. The highest BCUT2D eigenvalue weighted by Gasteiger charge is 2.18. The molecule has 0 spiro atoms. The Hall–Kier alpha value is -3.34. The maximum atomic E-state index is 14.1. The van der Waals surface area contributed by atoms with Gasteiger partial charge in [-0.25, -0.2) is 23.1 Å². The van der Waals surface area contributed by atoms with Crippen molar-refractivity contribution in [3.63, 3.8) is 0 Å². The summed E-state index contributed by atoms with van der Waals surface area (Å²) in [4.78, 5) is 29.5. The van der Waals surface area contributed by atoms with E-state index in [1.54, 1.807) is 6.07 Å². The highest BCUT2D eigenvalue weighted by atomic mass is 19.1. The highest BCUT2D eigenvalue weighted by Crippen LogP contribution is 2.20. The van der Waals surface area contributed by atoms with Crippen molar-refractivity contribution in [2.24, 2.45) is 0 Å². The van der Waals surface area contributed by atoms with Crippen LogP contribution < -0.4 is 11.2 Å². The van der Waals surface area contributed by atoms with E-state index in [4.69, 9.17) is 5.26 Å². The largest absolute Gasteiger partial charge is 0.334 e. The lowest BCUT2D eigenvalue weighted by atomic mass is 10.2. The van der Waals surface area contributed by atoms with Gasteiger partial charge in [0.15, 0.2) is 17.3 Å². The third kappa shape index (κ3) is 1.96. The average Bonchev–Trinajstić information content (AvgIpc) is 2.49. The molecule has 0 bridgehead atoms. The zero-order valence-electron chi connectivity index (χ0n) is 10.8. The van der Waals surface area contributed by atoms with Crippen LogP contribution in [-0.2, 0) is 0 Å². The van der Waals surface area contributed by atoms with Gasteiger partial charge in [-0.15, -0.1) is 0 Å². The third-order valence-electron chi connectivity index (χ3n) is 3.04. The molecule has 3 rings (SSSR count). The van der Waals surface area contributed by atoms with Gasteiger partial charge in [-0.3, -0.25) is 9.78 Å². The minimum absolute atomic E-state index is 0.00487. The molecule has 0 saturated carbocycles. The Morgan fingerprint density at radius 2 is 1.91 bits per heavy atom. The topological polar surface area (TPSA) is 91.5 Å². The van der Waals surface area contributed by atoms with Crippen molar-refractivity contribution in [3.05, 3.63) is 68.5 Å². The van der Waals surface area contributed by atoms with Gasteiger partial charge in [0.05, 0.1) is 17.0 Å². The van der Waals surface area contributed by atoms with Gasteiger partial charge in [-0.05, 0) is 24.3 Å². The quantitative estimate of drug-likeness (QED) is 0.731. The standard InChI is InChI=1S/C14H6F2N4O2/c15-9-4-7(6-17)5-10(16)11(9)20-12-8(2-1-3-18-12)13(21)19-14(20)22/h1-5H,(H,19,21,22). The van der Waals surface area contributed by atoms with Crippen molar-refractivity contribution >= 4 is 11.0 Å². The van der Waals surface area contributed by atoms with Gasteiger partial charge in [0.25, 0.3) is 5.56 Å². The lowest BCUT2D eigenvalue weighted by molar-refractivity contribution is 0.566. The van der Waals surface area contributed by atoms with Gasteiger partial charge >= 0.3 is 5.69 Å². The first-order valence-electron chi connectivity index (χ1n) is 6.02. The lowest BCUT2D eigenvalue weighted by Crippen LogP contribution is -2.31. The van der Waals surface area contributed by atoms with Crippen molar-refractivity contribution in [1.82, 2.24) is 14.5 Å². The number of hydrogen-bond acceptors (Lipinski definition) is 4. The van der Waals surface area contributed by atoms with Crippen LogP contribution in [0.4, 0.5) is 8.78 Å². The van der Waals surface area contributed by atoms with Crippen molar-refractivity contribution in [2.45, 2.75) is 0 Å². The monoisotopic (exact) mass is 300 g/mol. The van der Waals surface area contributed by atoms with Crippen LogP contribution in [-0.4, -0.2) is 14.5 Å². The second-order valence-corrected chi connectivity index (χ2v) is 4.37. The SMILES string of the molecule is N#Cc1cc(F)c(-n2c(=O)[nH]c(=O)c3cccnc32)c(F)c1. The first kappa shape index (κ1) is 13.6. The Labute approximate surface area is 120 Å². The van der Waals surface area contributed by atoms with Crippen LogP contribution in [0.3, 0.4) is 0 Å². The van der Waals surface area contributed by atoms with Gasteiger partial charge in [0, 0.05) is 6.20 Å². The second-order valence-electron chi connectivity index (χ2n) is 4.37. The van der Waals surface area contributed by atoms with E-state index in [2.05, 4.69) is 4.98 Å². The van der Waals surface area contributed by atoms with E-state index in [-0.39, 0.29) is 16.6 Å². The summed E-state index contributed by atoms with van der Waals surface area (Å²) in [5.74, 6) is -2.23. The predicted molar refractivity (Wildman–Crippen MR) is 72.6 cm³/mol. The van der Waals surface area contributed by atoms with E-state index in [9.17, 15) is 18.4 Å².